The van der Waals surface area contributed by atoms with Crippen LogP contribution in [0.25, 0.3) is 21.7 Å². The lowest BCUT2D eigenvalue weighted by Crippen LogP contribution is -2.42. The number of aliphatic carboxylic acids is 1. The standard InChI is InChI=1S/C32H26ClN3O6S/c1-43(41,42)24-8-4-5-19(13-24)14-27(32(39)40)34-30(37)28-25-11-12-35-18-36(17-23(29(25)35)16-26(28)33)31(38)22-10-9-20-6-2-3-7-21(20)15-22/h2-13,15-16,27H,14,17-18H2,1H3,(H,34,37)(H,39,40)/t27-/m0/s1. The zero-order valence-corrected chi connectivity index (χ0v) is 24.5. The van der Waals surface area contributed by atoms with Crippen molar-refractivity contribution >= 4 is 60.9 Å². The van der Waals surface area contributed by atoms with Crippen LogP contribution < -0.4 is 5.32 Å². The Labute approximate surface area is 252 Å². The molecule has 2 heterocycles. The average molecular weight is 616 g/mol. The van der Waals surface area contributed by atoms with Gasteiger partial charge in [0.2, 0.25) is 0 Å². The summed E-state index contributed by atoms with van der Waals surface area (Å²) in [6, 6.07) is 21.4. The second-order valence-electron chi connectivity index (χ2n) is 10.6. The highest BCUT2D eigenvalue weighted by Crippen LogP contribution is 2.35. The normalized spacial score (nSPS) is 13.7. The van der Waals surface area contributed by atoms with Crippen molar-refractivity contribution in [3.8, 4) is 0 Å². The fraction of sp³-hybridized carbons (Fsp3) is 0.156. The van der Waals surface area contributed by atoms with Crippen molar-refractivity contribution in [1.82, 2.24) is 14.8 Å². The van der Waals surface area contributed by atoms with Crippen molar-refractivity contribution in [2.45, 2.75) is 30.6 Å². The van der Waals surface area contributed by atoms with Crippen molar-refractivity contribution in [3.05, 3.63) is 112 Å². The third kappa shape index (κ3) is 5.47. The van der Waals surface area contributed by atoms with Gasteiger partial charge in [-0.15, -0.1) is 0 Å². The number of sulfone groups is 1. The van der Waals surface area contributed by atoms with E-state index >= 15 is 0 Å². The molecule has 4 aromatic carbocycles. The molecule has 1 aromatic heterocycles. The second-order valence-corrected chi connectivity index (χ2v) is 13.1. The number of carbonyl (C=O) groups excluding carboxylic acids is 2. The molecule has 11 heteroatoms. The minimum absolute atomic E-state index is 0.0599. The van der Waals surface area contributed by atoms with Crippen LogP contribution in [0.4, 0.5) is 0 Å². The van der Waals surface area contributed by atoms with Gasteiger partial charge >= 0.3 is 5.97 Å². The number of halogens is 1. The van der Waals surface area contributed by atoms with Gasteiger partial charge in [0.25, 0.3) is 11.8 Å². The fourth-order valence-electron chi connectivity index (χ4n) is 5.57. The number of fused-ring (bicyclic) bond motifs is 1. The molecule has 0 fully saturated rings. The molecular weight excluding hydrogens is 590 g/mol. The zero-order chi connectivity index (χ0) is 30.5. The number of nitrogens with zero attached hydrogens (tertiary/aromatic N) is 2. The molecule has 1 aliphatic heterocycles. The Morgan fingerprint density at radius 2 is 1.74 bits per heavy atom. The number of carbonyl (C=O) groups is 3. The van der Waals surface area contributed by atoms with E-state index in [-0.39, 0.29) is 41.0 Å². The van der Waals surface area contributed by atoms with Crippen LogP contribution in [-0.2, 0) is 34.3 Å². The number of benzene rings is 4. The van der Waals surface area contributed by atoms with Gasteiger partial charge in [0.15, 0.2) is 9.84 Å². The molecule has 0 aliphatic carbocycles. The summed E-state index contributed by atoms with van der Waals surface area (Å²) in [6.45, 7) is 0.543. The lowest BCUT2D eigenvalue weighted by Gasteiger charge is -2.30. The van der Waals surface area contributed by atoms with Gasteiger partial charge in [0, 0.05) is 36.4 Å². The summed E-state index contributed by atoms with van der Waals surface area (Å²) >= 11 is 6.63. The maximum absolute atomic E-state index is 13.5. The van der Waals surface area contributed by atoms with Crippen molar-refractivity contribution < 1.29 is 27.9 Å². The Bertz CT molecular complexity index is 2070. The lowest BCUT2D eigenvalue weighted by molar-refractivity contribution is -0.139. The zero-order valence-electron chi connectivity index (χ0n) is 23.0. The molecule has 0 spiro atoms. The van der Waals surface area contributed by atoms with Crippen LogP contribution in [0, 0.1) is 0 Å². The lowest BCUT2D eigenvalue weighted by atomic mass is 10.0. The second kappa shape index (κ2) is 10.9. The number of aromatic nitrogens is 1. The first-order chi connectivity index (χ1) is 20.5. The molecule has 0 saturated heterocycles. The highest BCUT2D eigenvalue weighted by Gasteiger charge is 2.29. The summed E-state index contributed by atoms with van der Waals surface area (Å²) in [7, 11) is -3.49. The number of amides is 2. The molecule has 43 heavy (non-hydrogen) atoms. The molecule has 2 amide bonds. The van der Waals surface area contributed by atoms with Crippen LogP contribution in [0.15, 0.2) is 90.0 Å². The number of hydrogen-bond acceptors (Lipinski definition) is 5. The molecule has 0 bridgehead atoms. The third-order valence-electron chi connectivity index (χ3n) is 7.64. The molecule has 0 saturated carbocycles. The first-order valence-corrected chi connectivity index (χ1v) is 15.7. The van der Waals surface area contributed by atoms with Crippen LogP contribution >= 0.6 is 11.6 Å². The van der Waals surface area contributed by atoms with E-state index in [0.29, 0.717) is 16.5 Å². The van der Waals surface area contributed by atoms with Crippen LogP contribution in [0.1, 0.15) is 31.8 Å². The highest BCUT2D eigenvalue weighted by molar-refractivity contribution is 7.90. The van der Waals surface area contributed by atoms with Crippen molar-refractivity contribution in [2.75, 3.05) is 6.26 Å². The van der Waals surface area contributed by atoms with Crippen LogP contribution in [0.2, 0.25) is 5.02 Å². The van der Waals surface area contributed by atoms with Crippen molar-refractivity contribution in [2.24, 2.45) is 0 Å². The SMILES string of the molecule is CS(=O)(=O)c1cccc(C[C@H](NC(=O)c2c(Cl)cc3c4c2ccn4CN(C(=O)c2ccc4ccccc4c2)C3)C(=O)O)c1. The third-order valence-corrected chi connectivity index (χ3v) is 9.05. The first kappa shape index (κ1) is 28.4. The number of nitrogens with one attached hydrogen (secondary N) is 1. The van der Waals surface area contributed by atoms with E-state index < -0.39 is 27.8 Å². The highest BCUT2D eigenvalue weighted by atomic mass is 35.5. The molecule has 0 radical (unpaired) electrons. The summed E-state index contributed by atoms with van der Waals surface area (Å²) in [6.07, 6.45) is 2.71. The minimum atomic E-state index is -3.49. The Kier molecular flexibility index (Phi) is 7.19. The van der Waals surface area contributed by atoms with E-state index in [2.05, 4.69) is 5.32 Å². The van der Waals surface area contributed by atoms with Gasteiger partial charge in [-0.25, -0.2) is 13.2 Å². The molecule has 5 aromatic rings. The van der Waals surface area contributed by atoms with Gasteiger partial charge in [-0.3, -0.25) is 9.59 Å². The summed E-state index contributed by atoms with van der Waals surface area (Å²) in [4.78, 5) is 40.8. The van der Waals surface area contributed by atoms with E-state index in [0.717, 1.165) is 28.1 Å². The number of rotatable bonds is 7. The van der Waals surface area contributed by atoms with E-state index in [1.165, 1.54) is 18.2 Å². The maximum atomic E-state index is 13.5. The van der Waals surface area contributed by atoms with Crippen LogP contribution in [0.3, 0.4) is 0 Å². The first-order valence-electron chi connectivity index (χ1n) is 13.4. The largest absolute Gasteiger partial charge is 0.480 e. The molecule has 1 aliphatic rings. The summed E-state index contributed by atoms with van der Waals surface area (Å²) in [5.74, 6) is -2.08. The molecule has 6 rings (SSSR count). The Morgan fingerprint density at radius 1 is 0.977 bits per heavy atom. The topological polar surface area (TPSA) is 126 Å². The summed E-state index contributed by atoms with van der Waals surface area (Å²) < 4.78 is 25.7. The average Bonchev–Trinajstić information content (AvgIpc) is 3.40. The van der Waals surface area contributed by atoms with Gasteiger partial charge in [0.1, 0.15) is 6.04 Å². The van der Waals surface area contributed by atoms with Gasteiger partial charge in [-0.2, -0.15) is 0 Å². The number of hydrogen-bond donors (Lipinski definition) is 2. The predicted octanol–water partition coefficient (Wildman–Crippen LogP) is 4.89. The molecule has 1 atom stereocenters. The van der Waals surface area contributed by atoms with Crippen molar-refractivity contribution in [3.63, 3.8) is 0 Å². The van der Waals surface area contributed by atoms with Crippen molar-refractivity contribution in [1.29, 1.82) is 0 Å². The van der Waals surface area contributed by atoms with Crippen LogP contribution in [0.5, 0.6) is 0 Å². The van der Waals surface area contributed by atoms with E-state index in [1.54, 1.807) is 29.3 Å². The number of carboxylic acid groups (broad SMARTS) is 1. The predicted molar refractivity (Wildman–Crippen MR) is 163 cm³/mol. The van der Waals surface area contributed by atoms with E-state index in [1.807, 2.05) is 47.0 Å². The molecule has 0 unspecified atom stereocenters. The maximum Gasteiger partial charge on any atom is 0.326 e. The number of carboxylic acids is 1. The van der Waals surface area contributed by atoms with Gasteiger partial charge in [-0.1, -0.05) is 54.1 Å². The Hall–Kier alpha value is -4.67. The monoisotopic (exact) mass is 615 g/mol. The molecule has 9 nitrogen and oxygen atoms in total. The smallest absolute Gasteiger partial charge is 0.326 e. The quantitative estimate of drug-likeness (QED) is 0.269. The van der Waals surface area contributed by atoms with E-state index in [4.69, 9.17) is 11.6 Å². The molecular formula is C32H26ClN3O6S. The van der Waals surface area contributed by atoms with E-state index in [9.17, 15) is 27.9 Å². The van der Waals surface area contributed by atoms with Gasteiger partial charge in [0.05, 0.1) is 27.7 Å². The summed E-state index contributed by atoms with van der Waals surface area (Å²) in [5, 5.41) is 15.1. The fourth-order valence-corrected chi connectivity index (χ4v) is 6.58. The Morgan fingerprint density at radius 3 is 2.49 bits per heavy atom. The minimum Gasteiger partial charge on any atom is -0.480 e. The van der Waals surface area contributed by atoms with Crippen LogP contribution in [-0.4, -0.2) is 53.1 Å². The molecule has 218 valence electrons. The Balaban J connectivity index is 1.26. The van der Waals surface area contributed by atoms with Gasteiger partial charge in [-0.05, 0) is 58.3 Å². The summed E-state index contributed by atoms with van der Waals surface area (Å²) in [5.41, 5.74) is 2.64. The van der Waals surface area contributed by atoms with Gasteiger partial charge < -0.3 is 19.9 Å². The molecule has 2 N–H and O–H groups in total.